The Morgan fingerprint density at radius 3 is 2.33 bits per heavy atom. The highest BCUT2D eigenvalue weighted by atomic mass is 32.2. The molecule has 1 fully saturated rings. The van der Waals surface area contributed by atoms with Crippen molar-refractivity contribution in [1.29, 1.82) is 0 Å². The van der Waals surface area contributed by atoms with Crippen LogP contribution in [0.1, 0.15) is 20.8 Å². The molecule has 2 N–H and O–H groups in total. The summed E-state index contributed by atoms with van der Waals surface area (Å²) in [7, 11) is -8.56. The molecule has 2 aromatic rings. The molecule has 43 heavy (non-hydrogen) atoms. The first kappa shape index (κ1) is 32.7. The normalized spacial score (nSPS) is 20.3. The van der Waals surface area contributed by atoms with E-state index < -0.39 is 68.7 Å². The van der Waals surface area contributed by atoms with Crippen LogP contribution in [0.5, 0.6) is 5.75 Å². The van der Waals surface area contributed by atoms with Crippen LogP contribution in [0.15, 0.2) is 47.4 Å². The highest BCUT2D eigenvalue weighted by molar-refractivity contribution is 7.92. The number of morpholine rings is 1. The molecule has 2 aromatic carbocycles. The molecule has 0 saturated carbocycles. The van der Waals surface area contributed by atoms with E-state index in [4.69, 9.17) is 9.47 Å². The average Bonchev–Trinajstić information content (AvgIpc) is 2.91. The van der Waals surface area contributed by atoms with Crippen molar-refractivity contribution in [1.82, 2.24) is 9.03 Å². The third-order valence-corrected chi connectivity index (χ3v) is 10.4. The minimum Gasteiger partial charge on any atom is -0.485 e. The molecule has 1 saturated heterocycles. The fourth-order valence-electron chi connectivity index (χ4n) is 4.60. The number of amides is 1. The Bertz CT molecular complexity index is 1570. The first-order valence-electron chi connectivity index (χ1n) is 12.9. The first-order chi connectivity index (χ1) is 19.8. The number of ether oxygens (including phenoxy) is 2. The van der Waals surface area contributed by atoms with Crippen LogP contribution in [-0.4, -0.2) is 89.0 Å². The average molecular weight is 655 g/mol. The molecular formula is C25H30F4N4O8S2. The quantitative estimate of drug-likeness (QED) is 0.413. The third kappa shape index (κ3) is 6.67. The summed E-state index contributed by atoms with van der Waals surface area (Å²) in [6.45, 7) is 2.46. The summed E-state index contributed by atoms with van der Waals surface area (Å²) in [4.78, 5) is 11.7. The molecular weight excluding hydrogens is 624 g/mol. The minimum absolute atomic E-state index is 0.0551. The molecule has 0 radical (unpaired) electrons. The standard InChI is InChI=1S/C25H30F4N4O8S2/c1-16-14-31(10-11-40-16)43(38,39)30-13-19-15-32(42(36,37)20-7-4-17(26)5-8-20)21-12-18(6-9-22(21)41-19)33(23(34)35)24(2,3)25(27,28)29/h4-9,12,16,19,30H,10-11,13-15H2,1-3H3,(H,34,35)/t16?,19-/m0/s1. The summed E-state index contributed by atoms with van der Waals surface area (Å²) in [5.74, 6) is -0.889. The van der Waals surface area contributed by atoms with Crippen molar-refractivity contribution in [2.24, 2.45) is 0 Å². The largest absolute Gasteiger partial charge is 0.485 e. The lowest BCUT2D eigenvalue weighted by atomic mass is 10.0. The summed E-state index contributed by atoms with van der Waals surface area (Å²) in [5, 5.41) is 9.72. The molecule has 238 valence electrons. The van der Waals surface area contributed by atoms with Crippen molar-refractivity contribution in [2.45, 2.75) is 49.6 Å². The predicted octanol–water partition coefficient (Wildman–Crippen LogP) is 3.16. The number of fused-ring (bicyclic) bond motifs is 1. The molecule has 12 nitrogen and oxygen atoms in total. The van der Waals surface area contributed by atoms with E-state index in [2.05, 4.69) is 4.72 Å². The molecule has 1 amide bonds. The van der Waals surface area contributed by atoms with Crippen molar-refractivity contribution < 1.29 is 53.8 Å². The van der Waals surface area contributed by atoms with E-state index in [1.54, 1.807) is 6.92 Å². The van der Waals surface area contributed by atoms with E-state index in [1.807, 2.05) is 0 Å². The van der Waals surface area contributed by atoms with Crippen LogP contribution in [0.3, 0.4) is 0 Å². The fourth-order valence-corrected chi connectivity index (χ4v) is 7.40. The summed E-state index contributed by atoms with van der Waals surface area (Å²) < 4.78 is 124. The SMILES string of the molecule is CC1CN(S(=O)(=O)NC[C@H]2CN(S(=O)(=O)c3ccc(F)cc3)c3cc(N(C(=O)O)C(C)(C)C(F)(F)F)ccc3O2)CCO1. The monoisotopic (exact) mass is 654 g/mol. The van der Waals surface area contributed by atoms with Gasteiger partial charge in [0.2, 0.25) is 0 Å². The summed E-state index contributed by atoms with van der Waals surface area (Å²) >= 11 is 0. The molecule has 0 spiro atoms. The van der Waals surface area contributed by atoms with Gasteiger partial charge < -0.3 is 14.6 Å². The highest BCUT2D eigenvalue weighted by Crippen LogP contribution is 2.43. The molecule has 0 aliphatic carbocycles. The smallest absolute Gasteiger partial charge is 0.412 e. The Morgan fingerprint density at radius 2 is 1.74 bits per heavy atom. The number of nitrogens with one attached hydrogen (secondary N) is 1. The van der Waals surface area contributed by atoms with Gasteiger partial charge in [0.25, 0.3) is 20.2 Å². The van der Waals surface area contributed by atoms with E-state index >= 15 is 0 Å². The number of carboxylic acid groups (broad SMARTS) is 1. The number of rotatable bonds is 8. The van der Waals surface area contributed by atoms with Crippen LogP contribution in [0.4, 0.5) is 33.7 Å². The van der Waals surface area contributed by atoms with E-state index in [0.717, 1.165) is 46.8 Å². The minimum atomic E-state index is -5.00. The highest BCUT2D eigenvalue weighted by Gasteiger charge is 2.54. The fraction of sp³-hybridized carbons (Fsp3) is 0.480. The Kier molecular flexibility index (Phi) is 8.92. The lowest BCUT2D eigenvalue weighted by Gasteiger charge is -2.40. The number of anilines is 2. The number of nitrogens with zero attached hydrogens (tertiary/aromatic N) is 3. The topological polar surface area (TPSA) is 146 Å². The van der Waals surface area contributed by atoms with E-state index in [9.17, 15) is 44.3 Å². The summed E-state index contributed by atoms with van der Waals surface area (Å²) in [5.41, 5.74) is -3.72. The van der Waals surface area contributed by atoms with Gasteiger partial charge in [-0.05, 0) is 63.2 Å². The van der Waals surface area contributed by atoms with Crippen molar-refractivity contribution in [3.8, 4) is 5.75 Å². The molecule has 0 aromatic heterocycles. The summed E-state index contributed by atoms with van der Waals surface area (Å²) in [6, 6.07) is 6.81. The second-order valence-corrected chi connectivity index (χ2v) is 14.1. The van der Waals surface area contributed by atoms with Crippen LogP contribution in [-0.2, 0) is 25.0 Å². The number of halogens is 4. The van der Waals surface area contributed by atoms with Gasteiger partial charge in [0, 0.05) is 13.1 Å². The van der Waals surface area contributed by atoms with Crippen molar-refractivity contribution in [2.75, 3.05) is 42.0 Å². The van der Waals surface area contributed by atoms with Gasteiger partial charge in [-0.3, -0.25) is 9.21 Å². The molecule has 4 rings (SSSR count). The van der Waals surface area contributed by atoms with Gasteiger partial charge in [-0.25, -0.2) is 17.6 Å². The van der Waals surface area contributed by atoms with Gasteiger partial charge in [-0.15, -0.1) is 0 Å². The molecule has 2 aliphatic rings. The maximum absolute atomic E-state index is 13.8. The van der Waals surface area contributed by atoms with E-state index in [0.29, 0.717) is 13.8 Å². The molecule has 1 unspecified atom stereocenters. The number of hydrogen-bond donors (Lipinski definition) is 2. The maximum atomic E-state index is 13.8. The van der Waals surface area contributed by atoms with Crippen LogP contribution in [0, 0.1) is 5.82 Å². The lowest BCUT2D eigenvalue weighted by molar-refractivity contribution is -0.175. The Labute approximate surface area is 246 Å². The maximum Gasteiger partial charge on any atom is 0.412 e. The van der Waals surface area contributed by atoms with Gasteiger partial charge in [0.15, 0.2) is 0 Å². The number of hydrogen-bond acceptors (Lipinski definition) is 7. The number of carbonyl (C=O) groups is 1. The predicted molar refractivity (Wildman–Crippen MR) is 146 cm³/mol. The zero-order valence-corrected chi connectivity index (χ0v) is 24.8. The molecule has 0 bridgehead atoms. The van der Waals surface area contributed by atoms with Gasteiger partial charge in [-0.1, -0.05) is 0 Å². The zero-order valence-electron chi connectivity index (χ0n) is 23.2. The van der Waals surface area contributed by atoms with Crippen molar-refractivity contribution in [3.05, 3.63) is 48.3 Å². The molecule has 2 atom stereocenters. The second-order valence-electron chi connectivity index (χ2n) is 10.4. The van der Waals surface area contributed by atoms with Crippen molar-refractivity contribution >= 4 is 37.7 Å². The van der Waals surface area contributed by atoms with Gasteiger partial charge >= 0.3 is 12.3 Å². The van der Waals surface area contributed by atoms with Gasteiger partial charge in [-0.2, -0.15) is 30.6 Å². The molecule has 2 heterocycles. The Balaban J connectivity index is 1.73. The van der Waals surface area contributed by atoms with Crippen LogP contribution in [0.2, 0.25) is 0 Å². The number of benzene rings is 2. The van der Waals surface area contributed by atoms with Gasteiger partial charge in [0.05, 0.1) is 42.1 Å². The number of alkyl halides is 3. The Hall–Kier alpha value is -3.19. The molecule has 2 aliphatic heterocycles. The third-order valence-electron chi connectivity index (χ3n) is 7.02. The van der Waals surface area contributed by atoms with Crippen LogP contribution >= 0.6 is 0 Å². The molecule has 18 heteroatoms. The number of sulfonamides is 1. The second kappa shape index (κ2) is 11.7. The zero-order chi connectivity index (χ0) is 32.0. The van der Waals surface area contributed by atoms with E-state index in [1.165, 1.54) is 4.31 Å². The Morgan fingerprint density at radius 1 is 1.09 bits per heavy atom. The first-order valence-corrected chi connectivity index (χ1v) is 15.8. The lowest BCUT2D eigenvalue weighted by Crippen LogP contribution is -2.57. The summed E-state index contributed by atoms with van der Waals surface area (Å²) in [6.07, 6.45) is -8.42. The van der Waals surface area contributed by atoms with Gasteiger partial charge in [0.1, 0.15) is 23.2 Å². The van der Waals surface area contributed by atoms with E-state index in [-0.39, 0.29) is 47.0 Å². The van der Waals surface area contributed by atoms with Crippen LogP contribution < -0.4 is 18.7 Å². The van der Waals surface area contributed by atoms with Crippen LogP contribution in [0.25, 0.3) is 0 Å². The van der Waals surface area contributed by atoms with Crippen molar-refractivity contribution in [3.63, 3.8) is 0 Å².